The molecule has 0 aliphatic carbocycles. The molecule has 0 saturated heterocycles. The fourth-order valence-electron chi connectivity index (χ4n) is 2.15. The molecule has 0 heterocycles. The molecule has 0 spiro atoms. The zero-order valence-corrected chi connectivity index (χ0v) is 14.7. The fraction of sp³-hybridized carbons (Fsp3) is 0.278. The lowest BCUT2D eigenvalue weighted by Gasteiger charge is -2.20. The average Bonchev–Trinajstić information content (AvgIpc) is 2.54. The minimum Gasteiger partial charge on any atom is -0.457 e. The summed E-state index contributed by atoms with van der Waals surface area (Å²) in [5.41, 5.74) is 0.774. The van der Waals surface area contributed by atoms with Crippen molar-refractivity contribution in [2.75, 3.05) is 6.26 Å². The molecule has 24 heavy (non-hydrogen) atoms. The third-order valence-electron chi connectivity index (χ3n) is 3.73. The molecule has 6 heteroatoms. The first kappa shape index (κ1) is 18.0. The van der Waals surface area contributed by atoms with E-state index in [1.165, 1.54) is 6.92 Å². The van der Waals surface area contributed by atoms with Crippen LogP contribution in [0.1, 0.15) is 25.5 Å². The Hall–Kier alpha value is -2.34. The minimum absolute atomic E-state index is 0.387. The van der Waals surface area contributed by atoms with Crippen molar-refractivity contribution in [2.45, 2.75) is 25.1 Å². The first-order valence-electron chi connectivity index (χ1n) is 7.60. The maximum atomic E-state index is 12.1. The molecule has 0 radical (unpaired) electrons. The molecule has 0 fully saturated rings. The van der Waals surface area contributed by atoms with Gasteiger partial charge in [-0.3, -0.25) is 4.79 Å². The Morgan fingerprint density at radius 1 is 1.00 bits per heavy atom. The van der Waals surface area contributed by atoms with Crippen molar-refractivity contribution in [3.63, 3.8) is 0 Å². The Labute approximate surface area is 142 Å². The van der Waals surface area contributed by atoms with Gasteiger partial charge in [0.15, 0.2) is 9.84 Å². The van der Waals surface area contributed by atoms with Gasteiger partial charge < -0.3 is 10.1 Å². The Morgan fingerprint density at radius 2 is 1.58 bits per heavy atom. The number of nitrogens with one attached hydrogen (secondary N) is 1. The smallest absolute Gasteiger partial charge is 0.238 e. The summed E-state index contributed by atoms with van der Waals surface area (Å²) >= 11 is 0. The summed E-state index contributed by atoms with van der Waals surface area (Å²) in [7, 11) is -3.43. The maximum absolute atomic E-state index is 12.1. The molecule has 0 saturated carbocycles. The number of amides is 1. The van der Waals surface area contributed by atoms with Gasteiger partial charge in [-0.2, -0.15) is 0 Å². The summed E-state index contributed by atoms with van der Waals surface area (Å²) in [5.74, 6) is 0.774. The number of hydrogen-bond donors (Lipinski definition) is 1. The Balaban J connectivity index is 2.18. The van der Waals surface area contributed by atoms with Gasteiger partial charge in [0.2, 0.25) is 5.91 Å². The lowest BCUT2D eigenvalue weighted by atomic mass is 10.1. The Morgan fingerprint density at radius 3 is 2.21 bits per heavy atom. The molecule has 0 unspecified atom stereocenters. The molecule has 128 valence electrons. The molecule has 2 aromatic rings. The van der Waals surface area contributed by atoms with Crippen LogP contribution in [0.25, 0.3) is 0 Å². The van der Waals surface area contributed by atoms with Gasteiger partial charge in [0.1, 0.15) is 16.7 Å². The summed E-state index contributed by atoms with van der Waals surface area (Å²) in [6.45, 7) is 3.17. The van der Waals surface area contributed by atoms with Gasteiger partial charge in [-0.15, -0.1) is 0 Å². The highest BCUT2D eigenvalue weighted by atomic mass is 32.2. The van der Waals surface area contributed by atoms with E-state index in [0.717, 1.165) is 11.8 Å². The van der Waals surface area contributed by atoms with Crippen LogP contribution in [0.4, 0.5) is 0 Å². The normalized spacial score (nSPS) is 13.8. The lowest BCUT2D eigenvalue weighted by Crippen LogP contribution is -2.38. The molecule has 0 bridgehead atoms. The van der Waals surface area contributed by atoms with E-state index in [2.05, 4.69) is 5.32 Å². The highest BCUT2D eigenvalue weighted by Gasteiger charge is 2.25. The van der Waals surface area contributed by atoms with E-state index >= 15 is 0 Å². The fourth-order valence-corrected chi connectivity index (χ4v) is 2.61. The molecule has 2 atom stereocenters. The van der Waals surface area contributed by atoms with Crippen molar-refractivity contribution in [3.05, 3.63) is 60.2 Å². The largest absolute Gasteiger partial charge is 0.457 e. The molecular formula is C18H21NO4S. The van der Waals surface area contributed by atoms with Crippen molar-refractivity contribution in [3.8, 4) is 11.5 Å². The number of benzene rings is 2. The third kappa shape index (κ3) is 4.58. The van der Waals surface area contributed by atoms with Gasteiger partial charge in [-0.1, -0.05) is 36.4 Å². The quantitative estimate of drug-likeness (QED) is 0.871. The summed E-state index contributed by atoms with van der Waals surface area (Å²) in [5, 5.41) is 1.64. The number of hydrogen-bond acceptors (Lipinski definition) is 4. The molecular weight excluding hydrogens is 326 g/mol. The van der Waals surface area contributed by atoms with Gasteiger partial charge in [0.05, 0.1) is 6.04 Å². The zero-order chi connectivity index (χ0) is 17.7. The van der Waals surface area contributed by atoms with Gasteiger partial charge >= 0.3 is 0 Å². The number of para-hydroxylation sites is 2. The van der Waals surface area contributed by atoms with E-state index in [1.54, 1.807) is 6.92 Å². The number of carbonyl (C=O) groups excluding carboxylic acids is 1. The van der Waals surface area contributed by atoms with Crippen molar-refractivity contribution >= 4 is 15.7 Å². The van der Waals surface area contributed by atoms with Crippen LogP contribution in [-0.4, -0.2) is 25.8 Å². The number of sulfone groups is 1. The summed E-state index contributed by atoms with van der Waals surface area (Å²) in [6, 6.07) is 16.3. The van der Waals surface area contributed by atoms with Gasteiger partial charge in [-0.25, -0.2) is 8.42 Å². The van der Waals surface area contributed by atoms with Crippen molar-refractivity contribution in [2.24, 2.45) is 0 Å². The molecule has 0 aliphatic heterocycles. The first-order chi connectivity index (χ1) is 11.3. The summed E-state index contributed by atoms with van der Waals surface area (Å²) in [6.07, 6.45) is 1.05. The predicted molar refractivity (Wildman–Crippen MR) is 93.8 cm³/mol. The van der Waals surface area contributed by atoms with Crippen LogP contribution in [0, 0.1) is 0 Å². The van der Waals surface area contributed by atoms with Crippen LogP contribution in [0.3, 0.4) is 0 Å². The second-order valence-electron chi connectivity index (χ2n) is 5.65. The monoisotopic (exact) mass is 347 g/mol. The predicted octanol–water partition coefficient (Wildman–Crippen LogP) is 3.09. The maximum Gasteiger partial charge on any atom is 0.238 e. The Kier molecular flexibility index (Phi) is 5.62. The van der Waals surface area contributed by atoms with E-state index in [4.69, 9.17) is 4.74 Å². The van der Waals surface area contributed by atoms with Crippen LogP contribution in [0.15, 0.2) is 54.6 Å². The van der Waals surface area contributed by atoms with Crippen LogP contribution >= 0.6 is 0 Å². The van der Waals surface area contributed by atoms with E-state index in [0.29, 0.717) is 11.5 Å². The van der Waals surface area contributed by atoms with Crippen molar-refractivity contribution in [1.29, 1.82) is 0 Å². The topological polar surface area (TPSA) is 72.5 Å². The molecule has 2 aromatic carbocycles. The molecule has 0 aliphatic rings. The minimum atomic E-state index is -3.43. The van der Waals surface area contributed by atoms with E-state index < -0.39 is 21.0 Å². The number of rotatable bonds is 6. The molecule has 2 rings (SSSR count). The zero-order valence-electron chi connectivity index (χ0n) is 13.9. The van der Waals surface area contributed by atoms with Crippen molar-refractivity contribution < 1.29 is 17.9 Å². The summed E-state index contributed by atoms with van der Waals surface area (Å²) in [4.78, 5) is 12.1. The molecule has 1 amide bonds. The highest BCUT2D eigenvalue weighted by Crippen LogP contribution is 2.29. The number of carbonyl (C=O) groups is 1. The molecule has 0 aromatic heterocycles. The van der Waals surface area contributed by atoms with E-state index in [9.17, 15) is 13.2 Å². The van der Waals surface area contributed by atoms with Crippen LogP contribution in [0.5, 0.6) is 11.5 Å². The SMILES string of the molecule is C[C@@H](NC(=O)[C@H](C)S(C)(=O)=O)c1ccccc1Oc1ccccc1. The van der Waals surface area contributed by atoms with Gasteiger partial charge in [0, 0.05) is 11.8 Å². The number of ether oxygens (including phenoxy) is 1. The molecule has 5 nitrogen and oxygen atoms in total. The second-order valence-corrected chi connectivity index (χ2v) is 8.02. The van der Waals surface area contributed by atoms with Crippen LogP contribution in [0.2, 0.25) is 0 Å². The molecule has 1 N–H and O–H groups in total. The standard InChI is InChI=1S/C18H21NO4S/c1-13(19-18(20)14(2)24(3,21)22)16-11-7-8-12-17(16)23-15-9-5-4-6-10-15/h4-14H,1-3H3,(H,19,20)/t13-,14+/m1/s1. The second kappa shape index (κ2) is 7.49. The van der Waals surface area contributed by atoms with Gasteiger partial charge in [0.25, 0.3) is 0 Å². The van der Waals surface area contributed by atoms with Gasteiger partial charge in [-0.05, 0) is 32.0 Å². The Bertz CT molecular complexity index is 803. The van der Waals surface area contributed by atoms with Crippen LogP contribution in [-0.2, 0) is 14.6 Å². The van der Waals surface area contributed by atoms with Crippen LogP contribution < -0.4 is 10.1 Å². The van der Waals surface area contributed by atoms with E-state index in [1.807, 2.05) is 54.6 Å². The van der Waals surface area contributed by atoms with Crippen molar-refractivity contribution in [1.82, 2.24) is 5.32 Å². The van der Waals surface area contributed by atoms with E-state index in [-0.39, 0.29) is 6.04 Å². The summed E-state index contributed by atoms with van der Waals surface area (Å²) < 4.78 is 28.9. The average molecular weight is 347 g/mol. The first-order valence-corrected chi connectivity index (χ1v) is 9.55. The highest BCUT2D eigenvalue weighted by molar-refractivity contribution is 7.92. The lowest BCUT2D eigenvalue weighted by molar-refractivity contribution is -0.121. The third-order valence-corrected chi connectivity index (χ3v) is 5.23.